The van der Waals surface area contributed by atoms with E-state index in [9.17, 15) is 14.7 Å². The predicted molar refractivity (Wildman–Crippen MR) is 90.9 cm³/mol. The second-order valence-corrected chi connectivity index (χ2v) is 5.31. The summed E-state index contributed by atoms with van der Waals surface area (Å²) in [5, 5.41) is 23.4. The van der Waals surface area contributed by atoms with Crippen molar-refractivity contribution in [3.63, 3.8) is 0 Å². The van der Waals surface area contributed by atoms with Crippen LogP contribution in [0.4, 0.5) is 5.69 Å². The monoisotopic (exact) mass is 321 g/mol. The average Bonchev–Trinajstić information content (AvgIpc) is 2.61. The van der Waals surface area contributed by atoms with Gasteiger partial charge in [-0.1, -0.05) is 54.6 Å². The third-order valence-electron chi connectivity index (χ3n) is 3.77. The largest absolute Gasteiger partial charge is 0.479 e. The van der Waals surface area contributed by atoms with Gasteiger partial charge in [-0.15, -0.1) is 0 Å². The van der Waals surface area contributed by atoms with Gasteiger partial charge in [0.1, 0.15) is 0 Å². The van der Waals surface area contributed by atoms with Gasteiger partial charge in [-0.25, -0.2) is 4.79 Å². The van der Waals surface area contributed by atoms with Crippen LogP contribution in [-0.2, 0) is 4.79 Å². The fourth-order valence-electron chi connectivity index (χ4n) is 2.60. The van der Waals surface area contributed by atoms with Crippen LogP contribution < -0.4 is 5.32 Å². The molecule has 0 radical (unpaired) electrons. The number of nitrogens with one attached hydrogen (secondary N) is 1. The number of benzene rings is 3. The molecule has 0 saturated carbocycles. The van der Waals surface area contributed by atoms with E-state index in [1.54, 1.807) is 18.2 Å². The van der Waals surface area contributed by atoms with Crippen LogP contribution in [0.1, 0.15) is 22.0 Å². The molecule has 1 unspecified atom stereocenters. The predicted octanol–water partition coefficient (Wildman–Crippen LogP) is 3.21. The molecule has 24 heavy (non-hydrogen) atoms. The summed E-state index contributed by atoms with van der Waals surface area (Å²) in [4.78, 5) is 23.6. The molecule has 120 valence electrons. The summed E-state index contributed by atoms with van der Waals surface area (Å²) in [5.74, 6) is -1.87. The molecule has 0 aliphatic carbocycles. The standard InChI is InChI=1S/C19H15NO4/c21-17(19(23)24)14-9-3-4-10-15(14)18(22)20-16-11-5-7-12-6-1-2-8-13(12)16/h1-11,17,21H,(H,20,22)(H,23,24). The van der Waals surface area contributed by atoms with Crippen molar-refractivity contribution in [1.82, 2.24) is 0 Å². The quantitative estimate of drug-likeness (QED) is 0.688. The minimum absolute atomic E-state index is 0.0581. The van der Waals surface area contributed by atoms with Gasteiger partial charge in [0.2, 0.25) is 0 Å². The number of aliphatic hydroxyl groups excluding tert-OH is 1. The Morgan fingerprint density at radius 1 is 0.875 bits per heavy atom. The van der Waals surface area contributed by atoms with E-state index in [-0.39, 0.29) is 11.1 Å². The molecule has 0 fully saturated rings. The number of anilines is 1. The summed E-state index contributed by atoms with van der Waals surface area (Å²) in [6.45, 7) is 0. The summed E-state index contributed by atoms with van der Waals surface area (Å²) in [7, 11) is 0. The molecule has 5 nitrogen and oxygen atoms in total. The van der Waals surface area contributed by atoms with Crippen LogP contribution in [0, 0.1) is 0 Å². The van der Waals surface area contributed by atoms with Gasteiger partial charge in [-0.3, -0.25) is 4.79 Å². The van der Waals surface area contributed by atoms with Gasteiger partial charge in [0.25, 0.3) is 5.91 Å². The molecule has 0 aliphatic rings. The molecule has 0 spiro atoms. The number of hydrogen-bond donors (Lipinski definition) is 3. The van der Waals surface area contributed by atoms with Crippen LogP contribution in [0.15, 0.2) is 66.7 Å². The fraction of sp³-hybridized carbons (Fsp3) is 0.0526. The molecule has 0 bridgehead atoms. The molecular formula is C19H15NO4. The summed E-state index contributed by atoms with van der Waals surface area (Å²) in [5.41, 5.74) is 0.806. The van der Waals surface area contributed by atoms with E-state index in [2.05, 4.69) is 5.32 Å². The molecule has 0 aromatic heterocycles. The minimum atomic E-state index is -1.75. The molecule has 3 aromatic rings. The highest BCUT2D eigenvalue weighted by Crippen LogP contribution is 2.25. The van der Waals surface area contributed by atoms with Crippen molar-refractivity contribution in [2.24, 2.45) is 0 Å². The van der Waals surface area contributed by atoms with Crippen LogP contribution in [0.25, 0.3) is 10.8 Å². The maximum atomic E-state index is 12.6. The summed E-state index contributed by atoms with van der Waals surface area (Å²) >= 11 is 0. The fourth-order valence-corrected chi connectivity index (χ4v) is 2.60. The van der Waals surface area contributed by atoms with E-state index in [0.717, 1.165) is 10.8 Å². The van der Waals surface area contributed by atoms with Crippen molar-refractivity contribution < 1.29 is 19.8 Å². The summed E-state index contributed by atoms with van der Waals surface area (Å²) < 4.78 is 0. The van der Waals surface area contributed by atoms with Gasteiger partial charge in [0.15, 0.2) is 6.10 Å². The lowest BCUT2D eigenvalue weighted by Crippen LogP contribution is -2.19. The third-order valence-corrected chi connectivity index (χ3v) is 3.77. The molecular weight excluding hydrogens is 306 g/mol. The van der Waals surface area contributed by atoms with Crippen LogP contribution in [-0.4, -0.2) is 22.1 Å². The van der Waals surface area contributed by atoms with Crippen LogP contribution in [0.2, 0.25) is 0 Å². The number of amides is 1. The van der Waals surface area contributed by atoms with Gasteiger partial charge in [-0.2, -0.15) is 0 Å². The number of carbonyl (C=O) groups is 2. The van der Waals surface area contributed by atoms with Crippen molar-refractivity contribution in [2.45, 2.75) is 6.10 Å². The van der Waals surface area contributed by atoms with E-state index < -0.39 is 18.0 Å². The molecule has 5 heteroatoms. The summed E-state index contributed by atoms with van der Waals surface area (Å²) in [6.07, 6.45) is -1.75. The Kier molecular flexibility index (Phi) is 4.26. The first-order valence-electron chi connectivity index (χ1n) is 7.37. The normalized spacial score (nSPS) is 11.9. The Hall–Kier alpha value is -3.18. The minimum Gasteiger partial charge on any atom is -0.479 e. The van der Waals surface area contributed by atoms with Crippen LogP contribution in [0.3, 0.4) is 0 Å². The molecule has 1 amide bonds. The van der Waals surface area contributed by atoms with Crippen LogP contribution in [0.5, 0.6) is 0 Å². The van der Waals surface area contributed by atoms with E-state index >= 15 is 0 Å². The molecule has 1 atom stereocenters. The molecule has 0 aliphatic heterocycles. The number of aliphatic hydroxyl groups is 1. The highest BCUT2D eigenvalue weighted by Gasteiger charge is 2.22. The number of rotatable bonds is 4. The Labute approximate surface area is 138 Å². The van der Waals surface area contributed by atoms with Gasteiger partial charge >= 0.3 is 5.97 Å². The lowest BCUT2D eigenvalue weighted by atomic mass is 10.0. The van der Waals surface area contributed by atoms with Crippen LogP contribution >= 0.6 is 0 Å². The molecule has 0 heterocycles. The van der Waals surface area contributed by atoms with Crippen molar-refractivity contribution >= 4 is 28.3 Å². The number of carboxylic acids is 1. The maximum absolute atomic E-state index is 12.6. The Morgan fingerprint density at radius 3 is 2.33 bits per heavy atom. The number of carboxylic acid groups (broad SMARTS) is 1. The van der Waals surface area contributed by atoms with Crippen molar-refractivity contribution in [2.75, 3.05) is 5.32 Å². The second kappa shape index (κ2) is 6.52. The lowest BCUT2D eigenvalue weighted by molar-refractivity contribution is -0.146. The molecule has 3 aromatic carbocycles. The topological polar surface area (TPSA) is 86.6 Å². The molecule has 3 N–H and O–H groups in total. The number of aliphatic carboxylic acids is 1. The SMILES string of the molecule is O=C(Nc1cccc2ccccc12)c1ccccc1C(O)C(=O)O. The van der Waals surface area contributed by atoms with E-state index in [0.29, 0.717) is 5.69 Å². The van der Waals surface area contributed by atoms with Gasteiger partial charge in [-0.05, 0) is 17.5 Å². The Balaban J connectivity index is 1.97. The van der Waals surface area contributed by atoms with Gasteiger partial charge in [0.05, 0.1) is 0 Å². The van der Waals surface area contributed by atoms with Crippen molar-refractivity contribution in [3.8, 4) is 0 Å². The zero-order valence-corrected chi connectivity index (χ0v) is 12.6. The molecule has 3 rings (SSSR count). The molecule has 0 saturated heterocycles. The number of carbonyl (C=O) groups excluding carboxylic acids is 1. The average molecular weight is 321 g/mol. The maximum Gasteiger partial charge on any atom is 0.337 e. The van der Waals surface area contributed by atoms with Crippen molar-refractivity contribution in [3.05, 3.63) is 77.9 Å². The van der Waals surface area contributed by atoms with Crippen molar-refractivity contribution in [1.29, 1.82) is 0 Å². The second-order valence-electron chi connectivity index (χ2n) is 5.31. The Bertz CT molecular complexity index is 915. The smallest absolute Gasteiger partial charge is 0.337 e. The van der Waals surface area contributed by atoms with E-state index in [4.69, 9.17) is 5.11 Å². The zero-order chi connectivity index (χ0) is 17.1. The van der Waals surface area contributed by atoms with Gasteiger partial charge in [0, 0.05) is 22.2 Å². The first-order chi connectivity index (χ1) is 11.6. The third kappa shape index (κ3) is 2.98. The lowest BCUT2D eigenvalue weighted by Gasteiger charge is -2.13. The highest BCUT2D eigenvalue weighted by molar-refractivity contribution is 6.10. The number of hydrogen-bond acceptors (Lipinski definition) is 3. The van der Waals surface area contributed by atoms with E-state index in [1.807, 2.05) is 36.4 Å². The Morgan fingerprint density at radius 2 is 1.54 bits per heavy atom. The first kappa shape index (κ1) is 15.7. The highest BCUT2D eigenvalue weighted by atomic mass is 16.4. The number of fused-ring (bicyclic) bond motifs is 1. The first-order valence-corrected chi connectivity index (χ1v) is 7.37. The zero-order valence-electron chi connectivity index (χ0n) is 12.6. The summed E-state index contributed by atoms with van der Waals surface area (Å²) in [6, 6.07) is 19.3. The van der Waals surface area contributed by atoms with E-state index in [1.165, 1.54) is 12.1 Å². The van der Waals surface area contributed by atoms with Gasteiger partial charge < -0.3 is 15.5 Å².